The molecule has 0 N–H and O–H groups in total. The van der Waals surface area contributed by atoms with Crippen LogP contribution in [-0.4, -0.2) is 9.78 Å². The largest absolute Gasteiger partial charge is 0.280 e. The highest BCUT2D eigenvalue weighted by Crippen LogP contribution is 2.23. The van der Waals surface area contributed by atoms with Gasteiger partial charge in [-0.05, 0) is 17.9 Å². The van der Waals surface area contributed by atoms with Gasteiger partial charge in [-0.1, -0.05) is 13.8 Å². The first-order valence-corrected chi connectivity index (χ1v) is 4.31. The van der Waals surface area contributed by atoms with Gasteiger partial charge in [-0.15, -0.1) is 0 Å². The maximum atomic E-state index is 12.5. The zero-order valence-electron chi connectivity index (χ0n) is 8.09. The van der Waals surface area contributed by atoms with E-state index in [-0.39, 0.29) is 5.69 Å². The fourth-order valence-corrected chi connectivity index (χ4v) is 1.37. The first kappa shape index (κ1) is 10.2. The summed E-state index contributed by atoms with van der Waals surface area (Å²) >= 11 is 0. The van der Waals surface area contributed by atoms with E-state index in [1.54, 1.807) is 7.05 Å². The van der Waals surface area contributed by atoms with E-state index >= 15 is 0 Å². The van der Waals surface area contributed by atoms with Gasteiger partial charge in [0.05, 0.1) is 6.20 Å². The molecule has 0 spiro atoms. The fourth-order valence-electron chi connectivity index (χ4n) is 1.37. The number of aromatic nitrogens is 2. The highest BCUT2D eigenvalue weighted by Gasteiger charge is 2.18. The van der Waals surface area contributed by atoms with Crippen LogP contribution in [0, 0.1) is 5.92 Å². The Balaban J connectivity index is 2.94. The molecule has 2 nitrogen and oxygen atoms in total. The van der Waals surface area contributed by atoms with Crippen LogP contribution in [0.1, 0.15) is 31.5 Å². The van der Waals surface area contributed by atoms with Crippen molar-refractivity contribution in [1.82, 2.24) is 9.78 Å². The minimum Gasteiger partial charge on any atom is -0.267 e. The molecule has 0 aromatic carbocycles. The van der Waals surface area contributed by atoms with Crippen LogP contribution in [0.15, 0.2) is 6.20 Å². The molecule has 0 radical (unpaired) electrons. The summed E-state index contributed by atoms with van der Waals surface area (Å²) in [5.74, 6) is 0.377. The number of halogens is 2. The summed E-state index contributed by atoms with van der Waals surface area (Å²) in [4.78, 5) is 0. The number of rotatable bonds is 3. The summed E-state index contributed by atoms with van der Waals surface area (Å²) in [6.45, 7) is 4.00. The lowest BCUT2D eigenvalue weighted by atomic mass is 10.0. The number of nitrogens with zero attached hydrogens (tertiary/aromatic N) is 2. The maximum Gasteiger partial charge on any atom is 0.280 e. The van der Waals surface area contributed by atoms with E-state index < -0.39 is 6.43 Å². The van der Waals surface area contributed by atoms with Gasteiger partial charge in [0.25, 0.3) is 6.43 Å². The summed E-state index contributed by atoms with van der Waals surface area (Å²) in [6.07, 6.45) is -0.240. The van der Waals surface area contributed by atoms with Gasteiger partial charge >= 0.3 is 0 Å². The van der Waals surface area contributed by atoms with E-state index in [1.807, 2.05) is 13.8 Å². The molecule has 1 heterocycles. The maximum absolute atomic E-state index is 12.5. The monoisotopic (exact) mass is 188 g/mol. The predicted octanol–water partition coefficient (Wildman–Crippen LogP) is 2.56. The van der Waals surface area contributed by atoms with Crippen LogP contribution in [0.3, 0.4) is 0 Å². The predicted molar refractivity (Wildman–Crippen MR) is 46.7 cm³/mol. The van der Waals surface area contributed by atoms with Crippen LogP contribution < -0.4 is 0 Å². The van der Waals surface area contributed by atoms with Crippen molar-refractivity contribution in [1.29, 1.82) is 0 Å². The van der Waals surface area contributed by atoms with Crippen molar-refractivity contribution in [2.75, 3.05) is 0 Å². The normalized spacial score (nSPS) is 11.6. The summed E-state index contributed by atoms with van der Waals surface area (Å²) in [5, 5.41) is 3.83. The van der Waals surface area contributed by atoms with Crippen LogP contribution >= 0.6 is 0 Å². The first-order valence-electron chi connectivity index (χ1n) is 4.31. The van der Waals surface area contributed by atoms with Gasteiger partial charge in [-0.25, -0.2) is 8.78 Å². The van der Waals surface area contributed by atoms with Crippen molar-refractivity contribution in [3.05, 3.63) is 17.5 Å². The minimum absolute atomic E-state index is 0.0497. The van der Waals surface area contributed by atoms with Crippen LogP contribution in [0.2, 0.25) is 0 Å². The van der Waals surface area contributed by atoms with Gasteiger partial charge in [0.2, 0.25) is 0 Å². The van der Waals surface area contributed by atoms with Gasteiger partial charge in [0, 0.05) is 7.05 Å². The van der Waals surface area contributed by atoms with Crippen LogP contribution in [0.4, 0.5) is 8.78 Å². The Kier molecular flexibility index (Phi) is 3.01. The van der Waals surface area contributed by atoms with Gasteiger partial charge in [0.15, 0.2) is 0 Å². The molecule has 0 amide bonds. The standard InChI is InChI=1S/C9H14F2N2/c1-6(2)4-7-5-12-13(3)8(7)9(10)11/h5-6,9H,4H2,1-3H3. The van der Waals surface area contributed by atoms with Crippen LogP contribution in [-0.2, 0) is 13.5 Å². The summed E-state index contributed by atoms with van der Waals surface area (Å²) in [7, 11) is 1.55. The molecule has 0 aliphatic heterocycles. The van der Waals surface area contributed by atoms with Crippen LogP contribution in [0.5, 0.6) is 0 Å². The third kappa shape index (κ3) is 2.26. The van der Waals surface area contributed by atoms with Crippen LogP contribution in [0.25, 0.3) is 0 Å². The lowest BCUT2D eigenvalue weighted by molar-refractivity contribution is 0.139. The Morgan fingerprint density at radius 1 is 1.46 bits per heavy atom. The van der Waals surface area contributed by atoms with E-state index in [0.29, 0.717) is 17.9 Å². The average Bonchev–Trinajstić information content (AvgIpc) is 2.30. The van der Waals surface area contributed by atoms with E-state index in [2.05, 4.69) is 5.10 Å². The Labute approximate surface area is 76.6 Å². The van der Waals surface area contributed by atoms with Crippen molar-refractivity contribution < 1.29 is 8.78 Å². The van der Waals surface area contributed by atoms with E-state index in [9.17, 15) is 8.78 Å². The zero-order chi connectivity index (χ0) is 10.0. The Morgan fingerprint density at radius 2 is 2.08 bits per heavy atom. The molecule has 1 rings (SSSR count). The summed E-state index contributed by atoms with van der Waals surface area (Å²) < 4.78 is 26.3. The molecular weight excluding hydrogens is 174 g/mol. The third-order valence-corrected chi connectivity index (χ3v) is 1.90. The molecule has 74 valence electrons. The molecule has 0 saturated heterocycles. The molecule has 1 aromatic rings. The zero-order valence-corrected chi connectivity index (χ0v) is 8.09. The number of alkyl halides is 2. The molecule has 0 fully saturated rings. The molecule has 13 heavy (non-hydrogen) atoms. The lowest BCUT2D eigenvalue weighted by Crippen LogP contribution is -2.03. The van der Waals surface area contributed by atoms with Crippen molar-refractivity contribution >= 4 is 0 Å². The molecule has 0 atom stereocenters. The van der Waals surface area contributed by atoms with E-state index in [0.717, 1.165) is 0 Å². The molecule has 0 saturated carbocycles. The fraction of sp³-hybridized carbons (Fsp3) is 0.667. The van der Waals surface area contributed by atoms with Gasteiger partial charge in [-0.3, -0.25) is 4.68 Å². The number of aryl methyl sites for hydroxylation is 1. The van der Waals surface area contributed by atoms with Gasteiger partial charge in [-0.2, -0.15) is 5.10 Å². The topological polar surface area (TPSA) is 17.8 Å². The SMILES string of the molecule is CC(C)Cc1cnn(C)c1C(F)F. The Hall–Kier alpha value is -0.930. The Morgan fingerprint density at radius 3 is 2.54 bits per heavy atom. The highest BCUT2D eigenvalue weighted by molar-refractivity contribution is 5.19. The van der Waals surface area contributed by atoms with Gasteiger partial charge in [0.1, 0.15) is 5.69 Å². The average molecular weight is 188 g/mol. The Bertz CT molecular complexity index is 279. The number of hydrogen-bond donors (Lipinski definition) is 0. The lowest BCUT2D eigenvalue weighted by Gasteiger charge is -2.06. The summed E-state index contributed by atoms with van der Waals surface area (Å²) in [5.41, 5.74) is 0.709. The third-order valence-electron chi connectivity index (χ3n) is 1.90. The molecule has 0 aliphatic rings. The smallest absolute Gasteiger partial charge is 0.267 e. The quantitative estimate of drug-likeness (QED) is 0.712. The summed E-state index contributed by atoms with van der Waals surface area (Å²) in [6, 6.07) is 0. The van der Waals surface area contributed by atoms with Gasteiger partial charge < -0.3 is 0 Å². The van der Waals surface area contributed by atoms with Crippen molar-refractivity contribution in [3.63, 3.8) is 0 Å². The molecule has 0 bridgehead atoms. The number of hydrogen-bond acceptors (Lipinski definition) is 1. The van der Waals surface area contributed by atoms with Crippen molar-refractivity contribution in [2.24, 2.45) is 13.0 Å². The van der Waals surface area contributed by atoms with E-state index in [4.69, 9.17) is 0 Å². The molecule has 1 aromatic heterocycles. The minimum atomic E-state index is -2.43. The second-order valence-corrected chi connectivity index (χ2v) is 3.58. The second-order valence-electron chi connectivity index (χ2n) is 3.58. The molecule has 4 heteroatoms. The highest BCUT2D eigenvalue weighted by atomic mass is 19.3. The van der Waals surface area contributed by atoms with Crippen molar-refractivity contribution in [3.8, 4) is 0 Å². The second kappa shape index (κ2) is 3.85. The van der Waals surface area contributed by atoms with Crippen molar-refractivity contribution in [2.45, 2.75) is 26.7 Å². The first-order chi connectivity index (χ1) is 6.02. The molecular formula is C9H14F2N2. The molecule has 0 aliphatic carbocycles. The molecule has 0 unspecified atom stereocenters. The van der Waals surface area contributed by atoms with E-state index in [1.165, 1.54) is 10.9 Å².